The molecule has 3 rings (SSSR count). The average Bonchev–Trinajstić information content (AvgIpc) is 2.80. The van der Waals surface area contributed by atoms with Crippen LogP contribution in [0.15, 0.2) is 6.07 Å². The number of fused-ring (bicyclic) bond motifs is 1. The van der Waals surface area contributed by atoms with Gasteiger partial charge in [0.2, 0.25) is 0 Å². The van der Waals surface area contributed by atoms with Crippen LogP contribution in [0.3, 0.4) is 0 Å². The van der Waals surface area contributed by atoms with Gasteiger partial charge in [-0.15, -0.1) is 0 Å². The first-order valence-corrected chi connectivity index (χ1v) is 10.1. The van der Waals surface area contributed by atoms with Crippen LogP contribution in [0.5, 0.6) is 5.75 Å². The Morgan fingerprint density at radius 1 is 1.46 bits per heavy atom. The van der Waals surface area contributed by atoms with Gasteiger partial charge in [-0.2, -0.15) is 8.42 Å². The van der Waals surface area contributed by atoms with Crippen LogP contribution < -0.4 is 9.03 Å². The molecule has 1 saturated heterocycles. The number of amides is 1. The van der Waals surface area contributed by atoms with Crippen LogP contribution in [-0.2, 0) is 32.6 Å². The van der Waals surface area contributed by atoms with E-state index in [1.807, 2.05) is 0 Å². The number of anilines is 1. The molecule has 2 aliphatic rings. The molecule has 144 valence electrons. The van der Waals surface area contributed by atoms with Crippen LogP contribution >= 0.6 is 0 Å². The normalized spacial score (nSPS) is 21.8. The number of ether oxygens (including phenoxy) is 1. The number of aryl methyl sites for hydroxylation is 1. The Bertz CT molecular complexity index is 825. The van der Waals surface area contributed by atoms with Crippen LogP contribution in [0.4, 0.5) is 10.1 Å². The highest BCUT2D eigenvalue weighted by Gasteiger charge is 2.39. The van der Waals surface area contributed by atoms with E-state index in [1.165, 1.54) is 6.07 Å². The summed E-state index contributed by atoms with van der Waals surface area (Å²) in [6.07, 6.45) is 2.32. The van der Waals surface area contributed by atoms with Crippen LogP contribution in [-0.4, -0.2) is 38.7 Å². The lowest BCUT2D eigenvalue weighted by atomic mass is 9.88. The monoisotopic (exact) mass is 386 g/mol. The molecule has 1 fully saturated rings. The second kappa shape index (κ2) is 7.03. The van der Waals surface area contributed by atoms with Crippen molar-refractivity contribution in [1.29, 1.82) is 0 Å². The second-order valence-corrected chi connectivity index (χ2v) is 8.75. The number of carbonyl (C=O) groups is 1. The fourth-order valence-corrected chi connectivity index (χ4v) is 4.47. The highest BCUT2D eigenvalue weighted by atomic mass is 32.2. The van der Waals surface area contributed by atoms with Gasteiger partial charge in [-0.25, -0.2) is 13.4 Å². The van der Waals surface area contributed by atoms with E-state index in [-0.39, 0.29) is 6.10 Å². The summed E-state index contributed by atoms with van der Waals surface area (Å²) < 4.78 is 47.3. The van der Waals surface area contributed by atoms with Crippen molar-refractivity contribution in [2.75, 3.05) is 17.5 Å². The maximum absolute atomic E-state index is 15.1. The van der Waals surface area contributed by atoms with Gasteiger partial charge < -0.3 is 9.84 Å². The molecule has 2 N–H and O–H groups in total. The number of nitrogens with one attached hydrogen (secondary N) is 1. The van der Waals surface area contributed by atoms with Gasteiger partial charge in [0.05, 0.1) is 6.10 Å². The van der Waals surface area contributed by atoms with Gasteiger partial charge in [0.25, 0.3) is 5.91 Å². The van der Waals surface area contributed by atoms with E-state index in [9.17, 15) is 18.3 Å². The summed E-state index contributed by atoms with van der Waals surface area (Å²) in [5.41, 5.74) is 0.501. The summed E-state index contributed by atoms with van der Waals surface area (Å²) >= 11 is 0. The molecule has 1 aromatic carbocycles. The van der Waals surface area contributed by atoms with Crippen molar-refractivity contribution in [3.63, 3.8) is 0 Å². The fraction of sp³-hybridized carbons (Fsp3) is 0.588. The van der Waals surface area contributed by atoms with Crippen molar-refractivity contribution < 1.29 is 27.4 Å². The van der Waals surface area contributed by atoms with Crippen LogP contribution in [0.25, 0.3) is 0 Å². The lowest BCUT2D eigenvalue weighted by Gasteiger charge is -2.28. The number of rotatable bonds is 5. The number of hydrogen-bond acceptors (Lipinski definition) is 5. The molecule has 1 aromatic rings. The number of halogens is 1. The summed E-state index contributed by atoms with van der Waals surface area (Å²) in [7, 11) is -4.20. The largest absolute Gasteiger partial charge is 0.506 e. The van der Waals surface area contributed by atoms with Crippen molar-refractivity contribution in [2.24, 2.45) is 5.92 Å². The summed E-state index contributed by atoms with van der Waals surface area (Å²) in [6, 6.07) is 1.39. The molecule has 0 bridgehead atoms. The van der Waals surface area contributed by atoms with Crippen molar-refractivity contribution in [1.82, 2.24) is 4.72 Å². The van der Waals surface area contributed by atoms with Crippen molar-refractivity contribution >= 4 is 21.8 Å². The summed E-state index contributed by atoms with van der Waals surface area (Å²) in [5, 5.41) is 10.2. The zero-order valence-corrected chi connectivity index (χ0v) is 15.6. The quantitative estimate of drug-likeness (QED) is 0.802. The topological polar surface area (TPSA) is 95.9 Å². The molecule has 9 heteroatoms. The molecule has 1 aliphatic carbocycles. The Kier molecular flexibility index (Phi) is 5.12. The van der Waals surface area contributed by atoms with Gasteiger partial charge in [-0.3, -0.25) is 4.79 Å². The van der Waals surface area contributed by atoms with Crippen molar-refractivity contribution in [2.45, 2.75) is 45.6 Å². The van der Waals surface area contributed by atoms with E-state index >= 15 is 4.39 Å². The fourth-order valence-electron chi connectivity index (χ4n) is 3.30. The third-order valence-electron chi connectivity index (χ3n) is 4.70. The molecular formula is C17H23FN2O5S. The molecule has 0 radical (unpaired) electrons. The number of benzene rings is 1. The minimum atomic E-state index is -4.20. The molecule has 26 heavy (non-hydrogen) atoms. The highest BCUT2D eigenvalue weighted by molar-refractivity contribution is 7.92. The third kappa shape index (κ3) is 3.64. The van der Waals surface area contributed by atoms with E-state index in [4.69, 9.17) is 4.74 Å². The zero-order valence-electron chi connectivity index (χ0n) is 14.8. The Balaban J connectivity index is 1.88. The Hall–Kier alpha value is -1.87. The lowest BCUT2D eigenvalue weighted by molar-refractivity contribution is -0.117. The first-order chi connectivity index (χ1) is 12.2. The van der Waals surface area contributed by atoms with E-state index in [2.05, 4.69) is 13.8 Å². The van der Waals surface area contributed by atoms with Gasteiger partial charge in [0.15, 0.2) is 5.82 Å². The maximum atomic E-state index is 15.1. The molecule has 0 saturated carbocycles. The molecule has 1 heterocycles. The van der Waals surface area contributed by atoms with Crippen LogP contribution in [0, 0.1) is 11.7 Å². The number of phenols is 1. The predicted octanol–water partition coefficient (Wildman–Crippen LogP) is 1.63. The minimum absolute atomic E-state index is 0.150. The lowest BCUT2D eigenvalue weighted by Crippen LogP contribution is -2.31. The molecule has 7 nitrogen and oxygen atoms in total. The van der Waals surface area contributed by atoms with E-state index in [0.29, 0.717) is 47.2 Å². The molecular weight excluding hydrogens is 363 g/mol. The van der Waals surface area contributed by atoms with E-state index in [0.717, 1.165) is 6.42 Å². The first kappa shape index (κ1) is 18.9. The van der Waals surface area contributed by atoms with Gasteiger partial charge in [-0.05, 0) is 42.4 Å². The van der Waals surface area contributed by atoms with Crippen molar-refractivity contribution in [3.8, 4) is 5.75 Å². The average molecular weight is 386 g/mol. The predicted molar refractivity (Wildman–Crippen MR) is 93.7 cm³/mol. The summed E-state index contributed by atoms with van der Waals surface area (Å²) in [6.45, 7) is 4.23. The van der Waals surface area contributed by atoms with Gasteiger partial charge in [0, 0.05) is 13.0 Å². The van der Waals surface area contributed by atoms with Crippen molar-refractivity contribution in [3.05, 3.63) is 23.0 Å². The standard InChI is InChI=1S/C17H23FN2O5S/c1-10(2)5-6-25-12-4-3-11-7-14(21)17(16(18)13(11)8-12)20-9-15(22)19-26(20,23)24/h7,10,12,21H,3-6,8-9H2,1-2H3,(H,19,22). The molecule has 1 amide bonds. The van der Waals surface area contributed by atoms with Crippen LogP contribution in [0.2, 0.25) is 0 Å². The van der Waals surface area contributed by atoms with E-state index in [1.54, 1.807) is 4.72 Å². The Morgan fingerprint density at radius 2 is 2.19 bits per heavy atom. The van der Waals surface area contributed by atoms with Gasteiger partial charge >= 0.3 is 10.2 Å². The van der Waals surface area contributed by atoms with Gasteiger partial charge in [0.1, 0.15) is 18.0 Å². The molecule has 0 aromatic heterocycles. The molecule has 0 spiro atoms. The number of carbonyl (C=O) groups excluding carboxylic acids is 1. The van der Waals surface area contributed by atoms with E-state index < -0.39 is 39.9 Å². The smallest absolute Gasteiger partial charge is 0.326 e. The molecule has 1 atom stereocenters. The van der Waals surface area contributed by atoms with Crippen LogP contribution in [0.1, 0.15) is 37.8 Å². The molecule has 1 aliphatic heterocycles. The maximum Gasteiger partial charge on any atom is 0.326 e. The number of aromatic hydroxyl groups is 1. The third-order valence-corrected chi connectivity index (χ3v) is 6.08. The summed E-state index contributed by atoms with van der Waals surface area (Å²) in [4.78, 5) is 11.4. The second-order valence-electron chi connectivity index (χ2n) is 7.15. The zero-order chi connectivity index (χ0) is 19.1. The molecule has 1 unspecified atom stereocenters. The Morgan fingerprint density at radius 3 is 2.81 bits per heavy atom. The number of nitrogens with zero attached hydrogens (tertiary/aromatic N) is 1. The number of hydrogen-bond donors (Lipinski definition) is 2. The number of phenolic OH excluding ortho intramolecular Hbond substituents is 1. The summed E-state index contributed by atoms with van der Waals surface area (Å²) in [5.74, 6) is -1.55. The SMILES string of the molecule is CC(C)CCOC1CCc2cc(O)c(N3CC(=O)NS3(=O)=O)c(F)c2C1. The minimum Gasteiger partial charge on any atom is -0.506 e. The van der Waals surface area contributed by atoms with Gasteiger partial charge in [-0.1, -0.05) is 13.8 Å². The highest BCUT2D eigenvalue weighted by Crippen LogP contribution is 2.39. The first-order valence-electron chi connectivity index (χ1n) is 8.67. The Labute approximate surface area is 152 Å².